The van der Waals surface area contributed by atoms with Gasteiger partial charge in [0.2, 0.25) is 0 Å². The van der Waals surface area contributed by atoms with E-state index in [1.807, 2.05) is 42.5 Å². The highest BCUT2D eigenvalue weighted by Gasteiger charge is 2.14. The fourth-order valence-electron chi connectivity index (χ4n) is 2.59. The SMILES string of the molecule is COc1c(Br)cc(/C=N/NC(=O)CNc2ccc3ccccc3c2)c(O)c1Br. The van der Waals surface area contributed by atoms with E-state index in [4.69, 9.17) is 4.74 Å². The lowest BCUT2D eigenvalue weighted by Gasteiger charge is -2.10. The summed E-state index contributed by atoms with van der Waals surface area (Å²) in [5.74, 6) is 0.126. The number of ether oxygens (including phenoxy) is 1. The van der Waals surface area contributed by atoms with E-state index in [1.54, 1.807) is 6.07 Å². The van der Waals surface area contributed by atoms with Gasteiger partial charge in [-0.2, -0.15) is 5.10 Å². The van der Waals surface area contributed by atoms with Crippen molar-refractivity contribution in [2.45, 2.75) is 0 Å². The molecule has 1 amide bonds. The van der Waals surface area contributed by atoms with Crippen LogP contribution < -0.4 is 15.5 Å². The second-order valence-corrected chi connectivity index (χ2v) is 7.50. The topological polar surface area (TPSA) is 83.0 Å². The molecule has 0 heterocycles. The number of fused-ring (bicyclic) bond motifs is 1. The number of halogens is 2. The van der Waals surface area contributed by atoms with Gasteiger partial charge in [0.25, 0.3) is 5.91 Å². The summed E-state index contributed by atoms with van der Waals surface area (Å²) >= 11 is 6.62. The Bertz CT molecular complexity index is 1050. The maximum absolute atomic E-state index is 12.0. The Morgan fingerprint density at radius 2 is 1.93 bits per heavy atom. The zero-order valence-corrected chi connectivity index (χ0v) is 18.0. The minimum Gasteiger partial charge on any atom is -0.506 e. The van der Waals surface area contributed by atoms with Crippen molar-refractivity contribution < 1.29 is 14.6 Å². The number of carbonyl (C=O) groups excluding carboxylic acids is 1. The maximum atomic E-state index is 12.0. The minimum atomic E-state index is -0.310. The average Bonchev–Trinajstić information content (AvgIpc) is 2.70. The van der Waals surface area contributed by atoms with Crippen LogP contribution in [-0.2, 0) is 4.79 Å². The van der Waals surface area contributed by atoms with Gasteiger partial charge in [-0.05, 0) is 60.8 Å². The number of hydrogen-bond donors (Lipinski definition) is 3. The van der Waals surface area contributed by atoms with Crippen LogP contribution in [0.2, 0.25) is 0 Å². The molecule has 3 rings (SSSR count). The second-order valence-electron chi connectivity index (χ2n) is 5.85. The molecule has 0 bridgehead atoms. The van der Waals surface area contributed by atoms with Gasteiger partial charge in [-0.15, -0.1) is 0 Å². The molecule has 28 heavy (non-hydrogen) atoms. The number of phenols is 1. The number of hydrazone groups is 1. The Morgan fingerprint density at radius 1 is 1.18 bits per heavy atom. The smallest absolute Gasteiger partial charge is 0.259 e. The Morgan fingerprint density at radius 3 is 2.68 bits per heavy atom. The maximum Gasteiger partial charge on any atom is 0.259 e. The molecule has 0 saturated carbocycles. The number of phenolic OH excluding ortho intramolecular Hbond substituents is 1. The van der Waals surface area contributed by atoms with E-state index in [1.165, 1.54) is 13.3 Å². The highest BCUT2D eigenvalue weighted by Crippen LogP contribution is 2.41. The summed E-state index contributed by atoms with van der Waals surface area (Å²) in [5, 5.41) is 19.4. The molecule has 0 spiro atoms. The normalized spacial score (nSPS) is 11.0. The quantitative estimate of drug-likeness (QED) is 0.336. The zero-order valence-electron chi connectivity index (χ0n) is 14.9. The molecule has 0 aliphatic carbocycles. The number of nitrogens with zero attached hydrogens (tertiary/aromatic N) is 1. The van der Waals surface area contributed by atoms with Gasteiger partial charge in [0.1, 0.15) is 10.2 Å². The summed E-state index contributed by atoms with van der Waals surface area (Å²) in [5.41, 5.74) is 3.69. The largest absolute Gasteiger partial charge is 0.506 e. The summed E-state index contributed by atoms with van der Waals surface area (Å²) in [7, 11) is 1.50. The molecule has 0 atom stereocenters. The Hall–Kier alpha value is -2.58. The summed E-state index contributed by atoms with van der Waals surface area (Å²) < 4.78 is 6.22. The first-order valence-corrected chi connectivity index (χ1v) is 9.87. The predicted molar refractivity (Wildman–Crippen MR) is 118 cm³/mol. The number of anilines is 1. The molecule has 0 saturated heterocycles. The van der Waals surface area contributed by atoms with E-state index in [0.29, 0.717) is 20.3 Å². The standard InChI is InChI=1S/C20H17Br2N3O3/c1-28-20-16(21)9-14(19(27)18(20)22)10-24-25-17(26)11-23-15-7-6-12-4-2-3-5-13(12)8-15/h2-10,23,27H,11H2,1H3,(H,25,26)/b24-10+. The van der Waals surface area contributed by atoms with Gasteiger partial charge in [-0.3, -0.25) is 4.79 Å². The van der Waals surface area contributed by atoms with Crippen LogP contribution in [0.1, 0.15) is 5.56 Å². The summed E-state index contributed by atoms with van der Waals surface area (Å²) in [4.78, 5) is 12.0. The molecule has 6 nitrogen and oxygen atoms in total. The third-order valence-electron chi connectivity index (χ3n) is 3.98. The monoisotopic (exact) mass is 505 g/mol. The van der Waals surface area contributed by atoms with Gasteiger partial charge in [-0.1, -0.05) is 30.3 Å². The molecule has 0 aliphatic heterocycles. The first-order valence-electron chi connectivity index (χ1n) is 8.29. The van der Waals surface area contributed by atoms with Crippen LogP contribution in [-0.4, -0.2) is 30.9 Å². The van der Waals surface area contributed by atoms with Crippen molar-refractivity contribution in [1.82, 2.24) is 5.43 Å². The van der Waals surface area contributed by atoms with E-state index in [0.717, 1.165) is 16.5 Å². The fraction of sp³-hybridized carbons (Fsp3) is 0.100. The van der Waals surface area contributed by atoms with E-state index < -0.39 is 0 Å². The van der Waals surface area contributed by atoms with Crippen LogP contribution >= 0.6 is 31.9 Å². The number of aromatic hydroxyl groups is 1. The third-order valence-corrected chi connectivity index (χ3v) is 5.30. The highest BCUT2D eigenvalue weighted by molar-refractivity contribution is 9.11. The molecule has 3 N–H and O–H groups in total. The average molecular weight is 507 g/mol. The van der Waals surface area contributed by atoms with Crippen LogP contribution in [0.25, 0.3) is 10.8 Å². The molecule has 144 valence electrons. The zero-order chi connectivity index (χ0) is 20.1. The van der Waals surface area contributed by atoms with E-state index >= 15 is 0 Å². The van der Waals surface area contributed by atoms with Crippen molar-refractivity contribution in [3.63, 3.8) is 0 Å². The molecule has 8 heteroatoms. The molecule has 0 fully saturated rings. The van der Waals surface area contributed by atoms with Crippen LogP contribution in [0.4, 0.5) is 5.69 Å². The Balaban J connectivity index is 1.59. The summed E-state index contributed by atoms with van der Waals surface area (Å²) in [6.07, 6.45) is 1.36. The van der Waals surface area contributed by atoms with Gasteiger partial charge in [-0.25, -0.2) is 5.43 Å². The van der Waals surface area contributed by atoms with Gasteiger partial charge in [0.05, 0.1) is 24.3 Å². The molecule has 0 radical (unpaired) electrons. The Labute approximate surface area is 178 Å². The Kier molecular flexibility index (Phi) is 6.53. The first-order chi connectivity index (χ1) is 13.5. The van der Waals surface area contributed by atoms with E-state index in [9.17, 15) is 9.90 Å². The molecular formula is C20H17Br2N3O3. The van der Waals surface area contributed by atoms with Crippen molar-refractivity contribution in [2.75, 3.05) is 19.0 Å². The molecule has 0 aromatic heterocycles. The molecule has 3 aromatic carbocycles. The first kappa shape index (κ1) is 20.2. The van der Waals surface area contributed by atoms with Gasteiger partial charge in [0, 0.05) is 11.3 Å². The van der Waals surface area contributed by atoms with Gasteiger partial charge < -0.3 is 15.2 Å². The van der Waals surface area contributed by atoms with Crippen LogP contribution in [0.3, 0.4) is 0 Å². The number of rotatable bonds is 6. The van der Waals surface area contributed by atoms with Crippen LogP contribution in [0, 0.1) is 0 Å². The lowest BCUT2D eigenvalue weighted by Crippen LogP contribution is -2.25. The number of amides is 1. The third kappa shape index (κ3) is 4.63. The van der Waals surface area contributed by atoms with E-state index in [2.05, 4.69) is 47.7 Å². The van der Waals surface area contributed by atoms with Gasteiger partial charge in [0.15, 0.2) is 5.75 Å². The number of carbonyl (C=O) groups is 1. The molecule has 0 unspecified atom stereocenters. The van der Waals surface area contributed by atoms with Crippen molar-refractivity contribution >= 4 is 60.4 Å². The van der Waals surface area contributed by atoms with Crippen LogP contribution in [0.15, 0.2) is 62.6 Å². The minimum absolute atomic E-state index is 0.0349. The highest BCUT2D eigenvalue weighted by atomic mass is 79.9. The second kappa shape index (κ2) is 9.07. The lowest BCUT2D eigenvalue weighted by atomic mass is 10.1. The van der Waals surface area contributed by atoms with E-state index in [-0.39, 0.29) is 18.2 Å². The molecule has 3 aromatic rings. The molecule has 0 aliphatic rings. The number of nitrogens with one attached hydrogen (secondary N) is 2. The lowest BCUT2D eigenvalue weighted by molar-refractivity contribution is -0.119. The van der Waals surface area contributed by atoms with Crippen molar-refractivity contribution in [2.24, 2.45) is 5.10 Å². The number of benzene rings is 3. The summed E-state index contributed by atoms with van der Waals surface area (Å²) in [6, 6.07) is 15.5. The molecular weight excluding hydrogens is 490 g/mol. The summed E-state index contributed by atoms with van der Waals surface area (Å²) in [6.45, 7) is 0.0671. The van der Waals surface area contributed by atoms with Crippen LogP contribution in [0.5, 0.6) is 11.5 Å². The van der Waals surface area contributed by atoms with Gasteiger partial charge >= 0.3 is 0 Å². The number of hydrogen-bond acceptors (Lipinski definition) is 5. The predicted octanol–water partition coefficient (Wildman–Crippen LogP) is 4.64. The van der Waals surface area contributed by atoms with Crippen molar-refractivity contribution in [1.29, 1.82) is 0 Å². The number of methoxy groups -OCH3 is 1. The fourth-order valence-corrected chi connectivity index (χ4v) is 4.07. The van der Waals surface area contributed by atoms with Crippen molar-refractivity contribution in [3.05, 3.63) is 63.0 Å². The van der Waals surface area contributed by atoms with Crippen molar-refractivity contribution in [3.8, 4) is 11.5 Å².